The molecule has 1 rings (SSSR count). The summed E-state index contributed by atoms with van der Waals surface area (Å²) in [5, 5.41) is 0.541. The molecule has 0 aliphatic rings. The molecule has 1 aromatic carbocycles. The minimum atomic E-state index is 0.332. The summed E-state index contributed by atoms with van der Waals surface area (Å²) < 4.78 is 16.3. The molecule has 0 saturated heterocycles. The summed E-state index contributed by atoms with van der Waals surface area (Å²) in [6.07, 6.45) is 6.14. The van der Waals surface area contributed by atoms with Crippen LogP contribution in [0.25, 0.3) is 0 Å². The van der Waals surface area contributed by atoms with Crippen LogP contribution in [0.4, 0.5) is 0 Å². The van der Waals surface area contributed by atoms with Crippen molar-refractivity contribution in [1.29, 1.82) is 0 Å². The fraction of sp³-hybridized carbons (Fsp3) is 0.500. The largest absolute Gasteiger partial charge is 0.492 e. The lowest BCUT2D eigenvalue weighted by molar-refractivity contribution is 0.320. The van der Waals surface area contributed by atoms with Gasteiger partial charge in [0.25, 0.3) is 0 Å². The third kappa shape index (κ3) is 3.40. The number of methoxy groups -OCH3 is 3. The Morgan fingerprint density at radius 1 is 1.10 bits per heavy atom. The summed E-state index contributed by atoms with van der Waals surface area (Å²) in [5.41, 5.74) is 1.05. The van der Waals surface area contributed by atoms with Crippen molar-refractivity contribution >= 4 is 11.6 Å². The van der Waals surface area contributed by atoms with Gasteiger partial charge in [-0.25, -0.2) is 0 Å². The van der Waals surface area contributed by atoms with Crippen molar-refractivity contribution in [1.82, 2.24) is 0 Å². The summed E-state index contributed by atoms with van der Waals surface area (Å²) in [5.74, 6) is 2.09. The van der Waals surface area contributed by atoms with Crippen molar-refractivity contribution in [3.05, 3.63) is 28.8 Å². The van der Waals surface area contributed by atoms with E-state index in [4.69, 9.17) is 25.8 Å². The van der Waals surface area contributed by atoms with E-state index in [1.807, 2.05) is 13.0 Å². The minimum absolute atomic E-state index is 0.332. The van der Waals surface area contributed by atoms with Crippen LogP contribution >= 0.6 is 11.6 Å². The van der Waals surface area contributed by atoms with Gasteiger partial charge in [0.1, 0.15) is 0 Å². The molecule has 20 heavy (non-hydrogen) atoms. The highest BCUT2D eigenvalue weighted by Gasteiger charge is 2.23. The highest BCUT2D eigenvalue weighted by molar-refractivity contribution is 6.32. The predicted molar refractivity (Wildman–Crippen MR) is 83.6 cm³/mol. The van der Waals surface area contributed by atoms with Gasteiger partial charge in [0, 0.05) is 5.56 Å². The van der Waals surface area contributed by atoms with E-state index in [-0.39, 0.29) is 0 Å². The molecule has 0 amide bonds. The van der Waals surface area contributed by atoms with Gasteiger partial charge in [0.05, 0.1) is 26.4 Å². The van der Waals surface area contributed by atoms with Crippen LogP contribution in [0.2, 0.25) is 5.02 Å². The molecule has 1 unspecified atom stereocenters. The van der Waals surface area contributed by atoms with E-state index in [0.29, 0.717) is 28.2 Å². The summed E-state index contributed by atoms with van der Waals surface area (Å²) in [6.45, 7) is 4.17. The number of ether oxygens (including phenoxy) is 3. The molecular weight excluding hydrogens is 276 g/mol. The van der Waals surface area contributed by atoms with E-state index in [9.17, 15) is 0 Å². The molecule has 4 heteroatoms. The second kappa shape index (κ2) is 8.05. The number of rotatable bonds is 7. The molecule has 0 N–H and O–H groups in total. The first-order valence-corrected chi connectivity index (χ1v) is 7.11. The van der Waals surface area contributed by atoms with Crippen LogP contribution in [0, 0.1) is 0 Å². The summed E-state index contributed by atoms with van der Waals surface area (Å²) in [6, 6.07) is 1.92. The first kappa shape index (κ1) is 16.7. The zero-order valence-electron chi connectivity index (χ0n) is 12.8. The smallest absolute Gasteiger partial charge is 0.205 e. The molecule has 0 aromatic heterocycles. The average Bonchev–Trinajstić information content (AvgIpc) is 2.47. The number of allylic oxidation sites excluding steroid dienone is 2. The van der Waals surface area contributed by atoms with Gasteiger partial charge in [0.15, 0.2) is 11.5 Å². The van der Waals surface area contributed by atoms with E-state index >= 15 is 0 Å². The van der Waals surface area contributed by atoms with Crippen LogP contribution in [0.5, 0.6) is 17.2 Å². The molecule has 112 valence electrons. The Morgan fingerprint density at radius 3 is 2.15 bits per heavy atom. The number of hydrogen-bond donors (Lipinski definition) is 0. The molecule has 0 saturated carbocycles. The molecule has 1 aromatic rings. The summed E-state index contributed by atoms with van der Waals surface area (Å²) in [4.78, 5) is 0. The van der Waals surface area contributed by atoms with Crippen LogP contribution in [-0.2, 0) is 0 Å². The van der Waals surface area contributed by atoms with Gasteiger partial charge < -0.3 is 14.2 Å². The van der Waals surface area contributed by atoms with Gasteiger partial charge in [-0.2, -0.15) is 0 Å². The molecule has 0 aliphatic carbocycles. The Bertz CT molecular complexity index is 469. The second-order valence-electron chi connectivity index (χ2n) is 4.46. The first-order chi connectivity index (χ1) is 9.64. The molecule has 0 fully saturated rings. The number of hydrogen-bond acceptors (Lipinski definition) is 3. The van der Waals surface area contributed by atoms with E-state index in [0.717, 1.165) is 18.4 Å². The zero-order valence-corrected chi connectivity index (χ0v) is 13.6. The Hall–Kier alpha value is -1.35. The maximum atomic E-state index is 6.30. The van der Waals surface area contributed by atoms with Gasteiger partial charge in [-0.1, -0.05) is 30.7 Å². The second-order valence-corrected chi connectivity index (χ2v) is 4.86. The van der Waals surface area contributed by atoms with Gasteiger partial charge in [0.2, 0.25) is 5.75 Å². The summed E-state index contributed by atoms with van der Waals surface area (Å²) >= 11 is 6.30. The first-order valence-electron chi connectivity index (χ1n) is 6.73. The fourth-order valence-corrected chi connectivity index (χ4v) is 2.59. The Labute approximate surface area is 126 Å². The van der Waals surface area contributed by atoms with E-state index in [1.54, 1.807) is 21.3 Å². The maximum absolute atomic E-state index is 6.30. The van der Waals surface area contributed by atoms with Crippen LogP contribution < -0.4 is 14.2 Å². The Kier molecular flexibility index (Phi) is 6.73. The fourth-order valence-electron chi connectivity index (χ4n) is 2.31. The van der Waals surface area contributed by atoms with Gasteiger partial charge in [-0.3, -0.25) is 0 Å². The third-order valence-corrected chi connectivity index (χ3v) is 3.66. The maximum Gasteiger partial charge on any atom is 0.205 e. The van der Waals surface area contributed by atoms with Crippen molar-refractivity contribution in [2.24, 2.45) is 0 Å². The standard InChI is InChI=1S/C16H23ClO3/c1-6-8-9-11(7-2)12-10-13(17)15(19-4)16(20-5)14(12)18-3/h6,8,10-11H,7,9H2,1-5H3/b8-6-. The lowest BCUT2D eigenvalue weighted by Gasteiger charge is -2.21. The molecular formula is C16H23ClO3. The van der Waals surface area contributed by atoms with Crippen molar-refractivity contribution in [2.75, 3.05) is 21.3 Å². The van der Waals surface area contributed by atoms with E-state index in [1.165, 1.54) is 0 Å². The monoisotopic (exact) mass is 298 g/mol. The Morgan fingerprint density at radius 2 is 1.70 bits per heavy atom. The molecule has 0 radical (unpaired) electrons. The number of benzene rings is 1. The lowest BCUT2D eigenvalue weighted by atomic mass is 9.91. The quantitative estimate of drug-likeness (QED) is 0.675. The van der Waals surface area contributed by atoms with Crippen LogP contribution in [0.15, 0.2) is 18.2 Å². The van der Waals surface area contributed by atoms with E-state index in [2.05, 4.69) is 19.1 Å². The number of halogens is 1. The van der Waals surface area contributed by atoms with E-state index < -0.39 is 0 Å². The van der Waals surface area contributed by atoms with Crippen molar-refractivity contribution in [3.8, 4) is 17.2 Å². The molecule has 0 spiro atoms. The molecule has 0 heterocycles. The van der Waals surface area contributed by atoms with Crippen LogP contribution in [-0.4, -0.2) is 21.3 Å². The third-order valence-electron chi connectivity index (χ3n) is 3.38. The highest BCUT2D eigenvalue weighted by atomic mass is 35.5. The topological polar surface area (TPSA) is 27.7 Å². The molecule has 0 bridgehead atoms. The van der Waals surface area contributed by atoms with Crippen LogP contribution in [0.1, 0.15) is 38.2 Å². The van der Waals surface area contributed by atoms with Gasteiger partial charge >= 0.3 is 0 Å². The summed E-state index contributed by atoms with van der Waals surface area (Å²) in [7, 11) is 4.80. The molecule has 1 atom stereocenters. The van der Waals surface area contributed by atoms with Gasteiger partial charge in [-0.15, -0.1) is 0 Å². The Balaban J connectivity index is 3.41. The molecule has 3 nitrogen and oxygen atoms in total. The predicted octanol–water partition coefficient (Wildman–Crippen LogP) is 4.83. The highest BCUT2D eigenvalue weighted by Crippen LogP contribution is 2.48. The minimum Gasteiger partial charge on any atom is -0.492 e. The normalized spacial score (nSPS) is 12.5. The van der Waals surface area contributed by atoms with Gasteiger partial charge in [-0.05, 0) is 31.7 Å². The van der Waals surface area contributed by atoms with Crippen molar-refractivity contribution < 1.29 is 14.2 Å². The SMILES string of the molecule is C/C=C\CC(CC)c1cc(Cl)c(OC)c(OC)c1OC. The van der Waals surface area contributed by atoms with Crippen LogP contribution in [0.3, 0.4) is 0 Å². The lowest BCUT2D eigenvalue weighted by Crippen LogP contribution is -2.04. The molecule has 0 aliphatic heterocycles. The van der Waals surface area contributed by atoms with Crippen molar-refractivity contribution in [3.63, 3.8) is 0 Å². The zero-order chi connectivity index (χ0) is 15.1. The van der Waals surface area contributed by atoms with Crippen molar-refractivity contribution in [2.45, 2.75) is 32.6 Å². The average molecular weight is 299 g/mol.